The maximum Gasteiger partial charge on any atom is 0.379 e. The molecule has 0 atom stereocenters. The van der Waals surface area contributed by atoms with Crippen molar-refractivity contribution in [3.63, 3.8) is 0 Å². The van der Waals surface area contributed by atoms with E-state index >= 15 is 0 Å². The summed E-state index contributed by atoms with van der Waals surface area (Å²) in [5, 5.41) is 0. The highest BCUT2D eigenvalue weighted by Gasteiger charge is 2.05. The second-order valence-corrected chi connectivity index (χ2v) is 5.06. The van der Waals surface area contributed by atoms with Gasteiger partial charge in [-0.1, -0.05) is 0 Å². The highest BCUT2D eigenvalue weighted by molar-refractivity contribution is 8.13. The van der Waals surface area contributed by atoms with Crippen molar-refractivity contribution in [3.8, 4) is 0 Å². The molecular weight excluding hydrogens is 255 g/mol. The third kappa shape index (κ3) is 11.1. The van der Waals surface area contributed by atoms with Crippen LogP contribution in [-0.2, 0) is 14.8 Å². The van der Waals surface area contributed by atoms with Gasteiger partial charge >= 0.3 is 6.68 Å². The molecular formula is C7H7ClF3NO2S. The van der Waals surface area contributed by atoms with Crippen molar-refractivity contribution in [2.24, 2.45) is 0 Å². The van der Waals surface area contributed by atoms with Crippen molar-refractivity contribution >= 4 is 19.7 Å². The minimum atomic E-state index is -3.67. The molecule has 0 aromatic carbocycles. The number of pyridine rings is 1. The second kappa shape index (κ2) is 6.62. The molecule has 0 fully saturated rings. The maximum absolute atomic E-state index is 10.5. The van der Waals surface area contributed by atoms with E-state index in [-0.39, 0.29) is 5.75 Å². The number of aromatic nitrogens is 1. The average Bonchev–Trinajstić information content (AvgIpc) is 2.01. The van der Waals surface area contributed by atoms with Gasteiger partial charge in [0.1, 0.15) is 0 Å². The third-order valence-corrected chi connectivity index (χ3v) is 2.09. The SMILES string of the molecule is FC(F)F.O=S(=O)(Cl)Cc1ccncc1. The lowest BCUT2D eigenvalue weighted by atomic mass is 10.3. The molecule has 0 saturated carbocycles. The summed E-state index contributed by atoms with van der Waals surface area (Å²) in [5.41, 5.74) is 0.648. The van der Waals surface area contributed by atoms with E-state index in [1.165, 1.54) is 12.4 Å². The third-order valence-electron chi connectivity index (χ3n) is 1.09. The van der Waals surface area contributed by atoms with E-state index in [0.717, 1.165) is 0 Å². The summed E-state index contributed by atoms with van der Waals surface area (Å²) in [6, 6.07) is 3.22. The van der Waals surface area contributed by atoms with Gasteiger partial charge in [0.2, 0.25) is 9.05 Å². The predicted octanol–water partition coefficient (Wildman–Crippen LogP) is 2.33. The Balaban J connectivity index is 0.000000423. The van der Waals surface area contributed by atoms with Crippen LogP contribution in [0.1, 0.15) is 5.56 Å². The van der Waals surface area contributed by atoms with Crippen LogP contribution in [-0.4, -0.2) is 20.1 Å². The molecule has 3 nitrogen and oxygen atoms in total. The Kier molecular flexibility index (Phi) is 6.26. The van der Waals surface area contributed by atoms with Crippen LogP contribution in [0.25, 0.3) is 0 Å². The van der Waals surface area contributed by atoms with Gasteiger partial charge in [0, 0.05) is 23.1 Å². The van der Waals surface area contributed by atoms with Gasteiger partial charge in [-0.3, -0.25) is 4.98 Å². The number of hydrogen-bond donors (Lipinski definition) is 0. The highest BCUT2D eigenvalue weighted by atomic mass is 35.7. The van der Waals surface area contributed by atoms with Crippen LogP contribution in [0.15, 0.2) is 24.5 Å². The van der Waals surface area contributed by atoms with Crippen LogP contribution < -0.4 is 0 Å². The molecule has 1 heterocycles. The monoisotopic (exact) mass is 261 g/mol. The first-order valence-corrected chi connectivity index (χ1v) is 6.02. The number of halogens is 4. The largest absolute Gasteiger partial charge is 0.379 e. The number of rotatable bonds is 2. The van der Waals surface area contributed by atoms with Crippen LogP contribution in [0.3, 0.4) is 0 Å². The van der Waals surface area contributed by atoms with E-state index in [1.54, 1.807) is 12.1 Å². The molecule has 1 aromatic rings. The fourth-order valence-electron chi connectivity index (χ4n) is 0.678. The lowest BCUT2D eigenvalue weighted by Crippen LogP contribution is -1.94. The molecule has 86 valence electrons. The predicted molar refractivity (Wildman–Crippen MR) is 49.8 cm³/mol. The van der Waals surface area contributed by atoms with Gasteiger partial charge in [0.15, 0.2) is 0 Å². The van der Waals surface area contributed by atoms with E-state index in [4.69, 9.17) is 10.7 Å². The topological polar surface area (TPSA) is 47.0 Å². The van der Waals surface area contributed by atoms with Crippen molar-refractivity contribution in [1.82, 2.24) is 4.98 Å². The first kappa shape index (κ1) is 14.2. The molecule has 0 spiro atoms. The van der Waals surface area contributed by atoms with Crippen LogP contribution in [0.2, 0.25) is 0 Å². The Morgan fingerprint density at radius 2 is 1.67 bits per heavy atom. The zero-order valence-electron chi connectivity index (χ0n) is 7.28. The Morgan fingerprint density at radius 1 is 1.27 bits per heavy atom. The zero-order chi connectivity index (χ0) is 11.9. The number of hydrogen-bond acceptors (Lipinski definition) is 3. The van der Waals surface area contributed by atoms with Crippen molar-refractivity contribution < 1.29 is 21.6 Å². The average molecular weight is 262 g/mol. The lowest BCUT2D eigenvalue weighted by molar-refractivity contribution is 0.00819. The molecule has 8 heteroatoms. The Bertz CT molecular complexity index is 368. The van der Waals surface area contributed by atoms with Gasteiger partial charge in [-0.2, -0.15) is 13.2 Å². The molecule has 1 aromatic heterocycles. The van der Waals surface area contributed by atoms with E-state index in [9.17, 15) is 21.6 Å². The first-order valence-electron chi connectivity index (χ1n) is 3.54. The highest BCUT2D eigenvalue weighted by Crippen LogP contribution is 2.07. The van der Waals surface area contributed by atoms with Gasteiger partial charge in [-0.05, 0) is 17.7 Å². The molecule has 0 radical (unpaired) electrons. The smallest absolute Gasteiger partial charge is 0.265 e. The van der Waals surface area contributed by atoms with Crippen LogP contribution >= 0.6 is 10.7 Å². The fraction of sp³-hybridized carbons (Fsp3) is 0.286. The van der Waals surface area contributed by atoms with Gasteiger partial charge in [0.25, 0.3) is 0 Å². The molecule has 0 N–H and O–H groups in total. The molecule has 0 amide bonds. The number of alkyl halides is 3. The van der Waals surface area contributed by atoms with Crippen LogP contribution in [0.4, 0.5) is 13.2 Å². The summed E-state index contributed by atoms with van der Waals surface area (Å²) in [7, 11) is 1.59. The van der Waals surface area contributed by atoms with Crippen molar-refractivity contribution in [3.05, 3.63) is 30.1 Å². The molecule has 15 heavy (non-hydrogen) atoms. The van der Waals surface area contributed by atoms with Crippen LogP contribution in [0, 0.1) is 0 Å². The quantitative estimate of drug-likeness (QED) is 0.768. The molecule has 1 rings (SSSR count). The molecule has 0 bridgehead atoms. The molecule has 0 aliphatic rings. The minimum Gasteiger partial charge on any atom is -0.265 e. The normalized spacial score (nSPS) is 10.7. The van der Waals surface area contributed by atoms with E-state index in [1.807, 2.05) is 0 Å². The Hall–Kier alpha value is -0.820. The van der Waals surface area contributed by atoms with Gasteiger partial charge in [0.05, 0.1) is 5.75 Å². The van der Waals surface area contributed by atoms with E-state index in [0.29, 0.717) is 5.56 Å². The first-order chi connectivity index (χ1) is 6.81. The van der Waals surface area contributed by atoms with Crippen LogP contribution in [0.5, 0.6) is 0 Å². The summed E-state index contributed by atoms with van der Waals surface area (Å²) >= 11 is 0. The fourth-order valence-corrected chi connectivity index (χ4v) is 1.65. The van der Waals surface area contributed by atoms with Crippen molar-refractivity contribution in [2.75, 3.05) is 0 Å². The van der Waals surface area contributed by atoms with Crippen molar-refractivity contribution in [2.45, 2.75) is 12.4 Å². The van der Waals surface area contributed by atoms with Gasteiger partial charge in [-0.25, -0.2) is 8.42 Å². The lowest BCUT2D eigenvalue weighted by Gasteiger charge is -1.94. The molecule has 0 saturated heterocycles. The van der Waals surface area contributed by atoms with E-state index < -0.39 is 15.7 Å². The molecule has 0 unspecified atom stereocenters. The van der Waals surface area contributed by atoms with Gasteiger partial charge in [-0.15, -0.1) is 0 Å². The summed E-state index contributed by atoms with van der Waals surface area (Å²) in [6.07, 6.45) is 3.05. The molecule has 0 aliphatic heterocycles. The summed E-state index contributed by atoms with van der Waals surface area (Å²) in [4.78, 5) is 3.74. The van der Waals surface area contributed by atoms with E-state index in [2.05, 4.69) is 4.98 Å². The second-order valence-electron chi connectivity index (χ2n) is 2.29. The molecule has 0 aliphatic carbocycles. The maximum atomic E-state index is 10.5. The summed E-state index contributed by atoms with van der Waals surface area (Å²) < 4.78 is 50.1. The zero-order valence-corrected chi connectivity index (χ0v) is 8.85. The minimum absolute atomic E-state index is 0.142. The Labute approximate surface area is 89.3 Å². The summed E-state index contributed by atoms with van der Waals surface area (Å²) in [6.45, 7) is -3.67. The summed E-state index contributed by atoms with van der Waals surface area (Å²) in [5.74, 6) is -0.142. The van der Waals surface area contributed by atoms with Crippen molar-refractivity contribution in [1.29, 1.82) is 0 Å². The number of nitrogens with zero attached hydrogens (tertiary/aromatic N) is 1. The Morgan fingerprint density at radius 3 is 2.00 bits per heavy atom. The standard InChI is InChI=1S/C6H6ClNO2S.CHF3/c7-11(9,10)5-6-1-3-8-4-2-6;2-1(3)4/h1-4H,5H2;1H. The van der Waals surface area contributed by atoms with Gasteiger partial charge < -0.3 is 0 Å².